The topological polar surface area (TPSA) is 111 Å². The minimum atomic E-state index is -1.46. The van der Waals surface area contributed by atoms with Gasteiger partial charge in [0.1, 0.15) is 5.82 Å². The number of carbonyl (C=O) groups is 3. The molecule has 3 N–H and O–H groups in total. The molecule has 1 unspecified atom stereocenters. The van der Waals surface area contributed by atoms with Gasteiger partial charge in [0, 0.05) is 22.9 Å². The Balaban J connectivity index is 1.61. The molecule has 5 rings (SSSR count). The number of urea groups is 1. The predicted molar refractivity (Wildman–Crippen MR) is 160 cm³/mol. The maximum absolute atomic E-state index is 15.1. The summed E-state index contributed by atoms with van der Waals surface area (Å²) >= 11 is 0. The van der Waals surface area contributed by atoms with E-state index in [0.29, 0.717) is 28.1 Å². The van der Waals surface area contributed by atoms with Crippen molar-refractivity contribution in [3.05, 3.63) is 137 Å². The van der Waals surface area contributed by atoms with Gasteiger partial charge >= 0.3 is 12.0 Å². The van der Waals surface area contributed by atoms with Crippen molar-refractivity contribution in [2.45, 2.75) is 13.1 Å². The Morgan fingerprint density at radius 2 is 1.62 bits per heavy atom. The molecule has 8 nitrogen and oxygen atoms in total. The van der Waals surface area contributed by atoms with E-state index in [0.717, 1.165) is 11.6 Å². The number of halogens is 1. The van der Waals surface area contributed by atoms with Crippen LogP contribution in [0.25, 0.3) is 5.57 Å². The number of anilines is 2. The van der Waals surface area contributed by atoms with Gasteiger partial charge < -0.3 is 20.6 Å². The second kappa shape index (κ2) is 12.3. The first-order valence-electron chi connectivity index (χ1n) is 13.2. The molecule has 0 saturated carbocycles. The highest BCUT2D eigenvalue weighted by molar-refractivity contribution is 6.21. The molecule has 9 heteroatoms. The van der Waals surface area contributed by atoms with Crippen molar-refractivity contribution in [2.75, 3.05) is 16.8 Å². The van der Waals surface area contributed by atoms with E-state index in [9.17, 15) is 19.5 Å². The van der Waals surface area contributed by atoms with Gasteiger partial charge in [-0.2, -0.15) is 0 Å². The minimum absolute atomic E-state index is 0.148. The van der Waals surface area contributed by atoms with E-state index in [2.05, 4.69) is 15.6 Å². The van der Waals surface area contributed by atoms with E-state index >= 15 is 4.39 Å². The number of carboxylic acids is 1. The molecule has 0 spiro atoms. The number of aliphatic carboxylic acids is 1. The number of carbonyl (C=O) groups excluding carboxylic acids is 2. The van der Waals surface area contributed by atoms with E-state index < -0.39 is 29.9 Å². The molecule has 1 aliphatic rings. The number of hydrogen-bond acceptors (Lipinski definition) is 4. The standard InChI is InChI=1S/C33H27FN4O4/c1-21-10-9-13-24(18-21)35-33(42)37-31-32(41)38(20-23(19-29(39)40)22-11-3-2-4-12-22)28-17-8-6-15-26(28)30(36-31)25-14-5-7-16-27(25)34/h2-19,31H,20H2,1H3,(H,39,40)(H2,35,37,42)/b23-19-. The first kappa shape index (κ1) is 28.0. The second-order valence-electron chi connectivity index (χ2n) is 9.64. The van der Waals surface area contributed by atoms with Crippen molar-refractivity contribution < 1.29 is 23.9 Å². The Hall–Kier alpha value is -5.57. The van der Waals surface area contributed by atoms with Gasteiger partial charge in [0.05, 0.1) is 17.9 Å². The highest BCUT2D eigenvalue weighted by Gasteiger charge is 2.34. The van der Waals surface area contributed by atoms with Crippen molar-refractivity contribution in [3.63, 3.8) is 0 Å². The SMILES string of the molecule is Cc1cccc(NC(=O)NC2N=C(c3ccccc3F)c3ccccc3N(C/C(=C/C(=O)O)c3ccccc3)C2=O)c1. The number of carboxylic acid groups (broad SMARTS) is 1. The van der Waals surface area contributed by atoms with Crippen LogP contribution in [0.5, 0.6) is 0 Å². The number of aryl methyl sites for hydroxylation is 1. The third-order valence-electron chi connectivity index (χ3n) is 6.65. The summed E-state index contributed by atoms with van der Waals surface area (Å²) in [5, 5.41) is 15.0. The summed E-state index contributed by atoms with van der Waals surface area (Å²) in [6.45, 7) is 1.73. The second-order valence-corrected chi connectivity index (χ2v) is 9.64. The van der Waals surface area contributed by atoms with Gasteiger partial charge in [-0.05, 0) is 54.0 Å². The molecular formula is C33H27FN4O4. The lowest BCUT2D eigenvalue weighted by Crippen LogP contribution is -2.49. The molecule has 0 aromatic heterocycles. The summed E-state index contributed by atoms with van der Waals surface area (Å²) < 4.78 is 15.1. The molecule has 0 saturated heterocycles. The fraction of sp³-hybridized carbons (Fsp3) is 0.0909. The van der Waals surface area contributed by atoms with E-state index in [-0.39, 0.29) is 17.8 Å². The zero-order valence-electron chi connectivity index (χ0n) is 22.6. The lowest BCUT2D eigenvalue weighted by atomic mass is 9.99. The van der Waals surface area contributed by atoms with Crippen LogP contribution in [-0.4, -0.2) is 41.4 Å². The average Bonchev–Trinajstić information content (AvgIpc) is 3.08. The summed E-state index contributed by atoms with van der Waals surface area (Å²) in [5.41, 5.74) is 3.55. The molecule has 0 radical (unpaired) electrons. The van der Waals surface area contributed by atoms with Crippen LogP contribution in [0.2, 0.25) is 0 Å². The number of para-hydroxylation sites is 1. The van der Waals surface area contributed by atoms with Gasteiger partial charge in [-0.1, -0.05) is 72.8 Å². The van der Waals surface area contributed by atoms with Gasteiger partial charge in [0.25, 0.3) is 5.91 Å². The molecule has 0 aliphatic carbocycles. The van der Waals surface area contributed by atoms with Crippen LogP contribution in [-0.2, 0) is 9.59 Å². The number of hydrogen-bond donors (Lipinski definition) is 3. The Labute approximate surface area is 241 Å². The molecule has 4 aromatic carbocycles. The number of rotatable bonds is 7. The first-order chi connectivity index (χ1) is 20.3. The zero-order valence-corrected chi connectivity index (χ0v) is 22.6. The van der Waals surface area contributed by atoms with Crippen LogP contribution in [0.15, 0.2) is 114 Å². The molecule has 210 valence electrons. The number of nitrogens with zero attached hydrogens (tertiary/aromatic N) is 2. The summed E-state index contributed by atoms with van der Waals surface area (Å²) in [4.78, 5) is 45.0. The predicted octanol–water partition coefficient (Wildman–Crippen LogP) is 5.63. The van der Waals surface area contributed by atoms with Crippen molar-refractivity contribution in [1.29, 1.82) is 0 Å². The number of benzene rings is 4. The van der Waals surface area contributed by atoms with Gasteiger partial charge in [-0.15, -0.1) is 0 Å². The van der Waals surface area contributed by atoms with Crippen LogP contribution >= 0.6 is 0 Å². The monoisotopic (exact) mass is 562 g/mol. The molecule has 0 bridgehead atoms. The maximum Gasteiger partial charge on any atom is 0.328 e. The number of benzodiazepines with no additional fused rings is 1. The van der Waals surface area contributed by atoms with E-state index in [1.165, 1.54) is 11.0 Å². The van der Waals surface area contributed by atoms with Crippen molar-refractivity contribution in [1.82, 2.24) is 5.32 Å². The van der Waals surface area contributed by atoms with Gasteiger partial charge in [-0.3, -0.25) is 4.79 Å². The van der Waals surface area contributed by atoms with E-state index in [1.54, 1.807) is 91.0 Å². The van der Waals surface area contributed by atoms with Crippen molar-refractivity contribution >= 4 is 40.6 Å². The third-order valence-corrected chi connectivity index (χ3v) is 6.65. The van der Waals surface area contributed by atoms with Gasteiger partial charge in [0.15, 0.2) is 0 Å². The van der Waals surface area contributed by atoms with Crippen LogP contribution in [0.1, 0.15) is 22.3 Å². The van der Waals surface area contributed by atoms with Gasteiger partial charge in [0.2, 0.25) is 6.17 Å². The van der Waals surface area contributed by atoms with Crippen LogP contribution in [0.4, 0.5) is 20.6 Å². The first-order valence-corrected chi connectivity index (χ1v) is 13.2. The van der Waals surface area contributed by atoms with Crippen molar-refractivity contribution in [2.24, 2.45) is 4.99 Å². The highest BCUT2D eigenvalue weighted by atomic mass is 19.1. The lowest BCUT2D eigenvalue weighted by molar-refractivity contribution is -0.131. The molecule has 1 aliphatic heterocycles. The van der Waals surface area contributed by atoms with Crippen LogP contribution < -0.4 is 15.5 Å². The highest BCUT2D eigenvalue weighted by Crippen LogP contribution is 2.31. The zero-order chi connectivity index (χ0) is 29.6. The maximum atomic E-state index is 15.1. The molecule has 1 heterocycles. The summed E-state index contributed by atoms with van der Waals surface area (Å²) in [5.74, 6) is -2.36. The number of nitrogens with one attached hydrogen (secondary N) is 2. The fourth-order valence-electron chi connectivity index (χ4n) is 4.76. The minimum Gasteiger partial charge on any atom is -0.478 e. The quantitative estimate of drug-likeness (QED) is 0.253. The molecule has 0 fully saturated rings. The van der Waals surface area contributed by atoms with E-state index in [4.69, 9.17) is 0 Å². The smallest absolute Gasteiger partial charge is 0.328 e. The number of aliphatic imine (C=N–C) groups is 1. The Kier molecular flexibility index (Phi) is 8.19. The number of amides is 3. The summed E-state index contributed by atoms with van der Waals surface area (Å²) in [6, 6.07) is 28.2. The third kappa shape index (κ3) is 6.26. The molecule has 3 amide bonds. The van der Waals surface area contributed by atoms with E-state index in [1.807, 2.05) is 13.0 Å². The lowest BCUT2D eigenvalue weighted by Gasteiger charge is -2.27. The van der Waals surface area contributed by atoms with Crippen LogP contribution in [0, 0.1) is 12.7 Å². The van der Waals surface area contributed by atoms with Gasteiger partial charge in [-0.25, -0.2) is 19.0 Å². The molecule has 4 aromatic rings. The van der Waals surface area contributed by atoms with Crippen LogP contribution in [0.3, 0.4) is 0 Å². The summed E-state index contributed by atoms with van der Waals surface area (Å²) in [7, 11) is 0. The Morgan fingerprint density at radius 3 is 2.33 bits per heavy atom. The number of fused-ring (bicyclic) bond motifs is 1. The van der Waals surface area contributed by atoms with Crippen molar-refractivity contribution in [3.8, 4) is 0 Å². The molecule has 1 atom stereocenters. The Bertz CT molecular complexity index is 1720. The normalized spacial score (nSPS) is 14.9. The summed E-state index contributed by atoms with van der Waals surface area (Å²) in [6.07, 6.45) is -0.416. The fourth-order valence-corrected chi connectivity index (χ4v) is 4.76. The Morgan fingerprint density at radius 1 is 0.929 bits per heavy atom. The molecule has 42 heavy (non-hydrogen) atoms. The largest absolute Gasteiger partial charge is 0.478 e. The molecular weight excluding hydrogens is 535 g/mol. The average molecular weight is 563 g/mol.